The minimum atomic E-state index is -3.80. The van der Waals surface area contributed by atoms with Crippen LogP contribution in [0.4, 0.5) is 5.69 Å². The van der Waals surface area contributed by atoms with Crippen LogP contribution < -0.4 is 4.72 Å². The zero-order valence-corrected chi connectivity index (χ0v) is 16.4. The van der Waals surface area contributed by atoms with Crippen LogP contribution in [0.1, 0.15) is 28.4 Å². The summed E-state index contributed by atoms with van der Waals surface area (Å²) >= 11 is 0. The fourth-order valence-corrected chi connectivity index (χ4v) is 4.33. The number of amides is 1. The van der Waals surface area contributed by atoms with E-state index < -0.39 is 10.0 Å². The zero-order valence-electron chi connectivity index (χ0n) is 15.6. The van der Waals surface area contributed by atoms with E-state index >= 15 is 0 Å². The van der Waals surface area contributed by atoms with Gasteiger partial charge in [0.2, 0.25) is 0 Å². The van der Waals surface area contributed by atoms with Crippen molar-refractivity contribution in [3.05, 3.63) is 59.2 Å². The van der Waals surface area contributed by atoms with E-state index in [0.29, 0.717) is 37.6 Å². The number of nitrogens with zero attached hydrogens (tertiary/aromatic N) is 1. The van der Waals surface area contributed by atoms with Gasteiger partial charge in [0.05, 0.1) is 23.8 Å². The summed E-state index contributed by atoms with van der Waals surface area (Å²) in [5.41, 5.74) is 2.75. The van der Waals surface area contributed by atoms with Crippen LogP contribution in [-0.2, 0) is 21.2 Å². The van der Waals surface area contributed by atoms with Crippen LogP contribution in [0.5, 0.6) is 0 Å². The molecule has 3 rings (SSSR count). The van der Waals surface area contributed by atoms with Gasteiger partial charge < -0.3 is 9.64 Å². The summed E-state index contributed by atoms with van der Waals surface area (Å²) in [7, 11) is -3.80. The second-order valence-corrected chi connectivity index (χ2v) is 8.18. The monoisotopic (exact) mass is 388 g/mol. The molecule has 0 aromatic heterocycles. The van der Waals surface area contributed by atoms with Crippen molar-refractivity contribution in [2.45, 2.75) is 25.2 Å². The molecule has 0 spiro atoms. The SMILES string of the molecule is CCc1cccc(C)c1NS(=O)(=O)c1cccc(C(=O)N2CCOCC2)c1. The van der Waals surface area contributed by atoms with Crippen LogP contribution >= 0.6 is 0 Å². The van der Waals surface area contributed by atoms with Crippen molar-refractivity contribution in [2.24, 2.45) is 0 Å². The highest BCUT2D eigenvalue weighted by Gasteiger charge is 2.22. The third-order valence-electron chi connectivity index (χ3n) is 4.67. The summed E-state index contributed by atoms with van der Waals surface area (Å²) in [6.07, 6.45) is 0.717. The summed E-state index contributed by atoms with van der Waals surface area (Å²) in [6, 6.07) is 11.9. The Hall–Kier alpha value is -2.38. The maximum atomic E-state index is 12.9. The number of rotatable bonds is 5. The first-order valence-corrected chi connectivity index (χ1v) is 10.5. The van der Waals surface area contributed by atoms with Crippen molar-refractivity contribution in [1.82, 2.24) is 4.90 Å². The minimum Gasteiger partial charge on any atom is -0.378 e. The summed E-state index contributed by atoms with van der Waals surface area (Å²) in [5, 5.41) is 0. The summed E-state index contributed by atoms with van der Waals surface area (Å²) < 4.78 is 33.8. The molecular formula is C20H24N2O4S. The predicted octanol–water partition coefficient (Wildman–Crippen LogP) is 2.83. The molecule has 6 nitrogen and oxygen atoms in total. The lowest BCUT2D eigenvalue weighted by molar-refractivity contribution is 0.0302. The van der Waals surface area contributed by atoms with E-state index in [0.717, 1.165) is 17.5 Å². The van der Waals surface area contributed by atoms with Crippen LogP contribution in [-0.4, -0.2) is 45.5 Å². The highest BCUT2D eigenvalue weighted by Crippen LogP contribution is 2.25. The lowest BCUT2D eigenvalue weighted by Crippen LogP contribution is -2.40. The number of benzene rings is 2. The summed E-state index contributed by atoms with van der Waals surface area (Å²) in [6.45, 7) is 5.87. The van der Waals surface area contributed by atoms with Crippen LogP contribution in [0.3, 0.4) is 0 Å². The third-order valence-corrected chi connectivity index (χ3v) is 6.01. The molecule has 0 radical (unpaired) electrons. The van der Waals surface area contributed by atoms with E-state index in [1.54, 1.807) is 17.0 Å². The molecule has 1 heterocycles. The second kappa shape index (κ2) is 8.10. The van der Waals surface area contributed by atoms with Gasteiger partial charge in [-0.25, -0.2) is 8.42 Å². The largest absolute Gasteiger partial charge is 0.378 e. The van der Waals surface area contributed by atoms with E-state index in [-0.39, 0.29) is 10.8 Å². The van der Waals surface area contributed by atoms with E-state index in [1.807, 2.05) is 32.0 Å². The number of hydrogen-bond donors (Lipinski definition) is 1. The molecule has 2 aromatic rings. The van der Waals surface area contributed by atoms with Gasteiger partial charge in [-0.2, -0.15) is 0 Å². The molecular weight excluding hydrogens is 364 g/mol. The molecule has 1 N–H and O–H groups in total. The molecule has 0 atom stereocenters. The lowest BCUT2D eigenvalue weighted by atomic mass is 10.1. The van der Waals surface area contributed by atoms with Gasteiger partial charge in [0, 0.05) is 18.7 Å². The Balaban J connectivity index is 1.88. The number of hydrogen-bond acceptors (Lipinski definition) is 4. The van der Waals surface area contributed by atoms with Gasteiger partial charge in [-0.3, -0.25) is 9.52 Å². The Kier molecular flexibility index (Phi) is 5.82. The maximum Gasteiger partial charge on any atom is 0.261 e. The molecule has 0 aliphatic carbocycles. The smallest absolute Gasteiger partial charge is 0.261 e. The molecule has 144 valence electrons. The molecule has 1 amide bonds. The van der Waals surface area contributed by atoms with Crippen molar-refractivity contribution in [3.8, 4) is 0 Å². The van der Waals surface area contributed by atoms with Crippen LogP contribution in [0.2, 0.25) is 0 Å². The highest BCUT2D eigenvalue weighted by atomic mass is 32.2. The van der Waals surface area contributed by atoms with Crippen molar-refractivity contribution in [1.29, 1.82) is 0 Å². The van der Waals surface area contributed by atoms with Crippen molar-refractivity contribution < 1.29 is 17.9 Å². The first-order valence-electron chi connectivity index (χ1n) is 9.01. The van der Waals surface area contributed by atoms with Gasteiger partial charge in [0.25, 0.3) is 15.9 Å². The molecule has 2 aromatic carbocycles. The molecule has 0 saturated carbocycles. The first-order chi connectivity index (χ1) is 12.9. The average Bonchev–Trinajstić information content (AvgIpc) is 2.69. The molecule has 27 heavy (non-hydrogen) atoms. The summed E-state index contributed by atoms with van der Waals surface area (Å²) in [4.78, 5) is 14.4. The second-order valence-electron chi connectivity index (χ2n) is 6.50. The van der Waals surface area contributed by atoms with Crippen molar-refractivity contribution >= 4 is 21.6 Å². The quantitative estimate of drug-likeness (QED) is 0.855. The fraction of sp³-hybridized carbons (Fsp3) is 0.350. The lowest BCUT2D eigenvalue weighted by Gasteiger charge is -2.27. The standard InChI is InChI=1S/C20H24N2O4S/c1-3-16-7-4-6-15(2)19(16)21-27(24,25)18-9-5-8-17(14-18)20(23)22-10-12-26-13-11-22/h4-9,14,21H,3,10-13H2,1-2H3. The van der Waals surface area contributed by atoms with Crippen LogP contribution in [0, 0.1) is 6.92 Å². The maximum absolute atomic E-state index is 12.9. The van der Waals surface area contributed by atoms with Gasteiger partial charge in [-0.1, -0.05) is 31.2 Å². The van der Waals surface area contributed by atoms with E-state index in [4.69, 9.17) is 4.74 Å². The molecule has 1 aliphatic heterocycles. The van der Waals surface area contributed by atoms with E-state index in [2.05, 4.69) is 4.72 Å². The Labute approximate surface area is 160 Å². The normalized spacial score (nSPS) is 14.8. The van der Waals surface area contributed by atoms with Gasteiger partial charge in [0.15, 0.2) is 0 Å². The molecule has 1 saturated heterocycles. The minimum absolute atomic E-state index is 0.0758. The number of carbonyl (C=O) groups is 1. The highest BCUT2D eigenvalue weighted by molar-refractivity contribution is 7.92. The number of ether oxygens (including phenoxy) is 1. The van der Waals surface area contributed by atoms with Crippen molar-refractivity contribution in [2.75, 3.05) is 31.0 Å². The Bertz CT molecular complexity index is 935. The Morgan fingerprint density at radius 1 is 1.15 bits per heavy atom. The molecule has 1 fully saturated rings. The fourth-order valence-electron chi connectivity index (χ4n) is 3.11. The number of morpholine rings is 1. The first kappa shape index (κ1) is 19.4. The Morgan fingerprint density at radius 2 is 1.85 bits per heavy atom. The van der Waals surface area contributed by atoms with Gasteiger partial charge in [-0.15, -0.1) is 0 Å². The number of nitrogens with one attached hydrogen (secondary N) is 1. The predicted molar refractivity (Wildman–Crippen MR) is 105 cm³/mol. The molecule has 7 heteroatoms. The van der Waals surface area contributed by atoms with Gasteiger partial charge in [0.1, 0.15) is 0 Å². The van der Waals surface area contributed by atoms with Gasteiger partial charge in [-0.05, 0) is 42.7 Å². The number of aryl methyl sites for hydroxylation is 2. The summed E-state index contributed by atoms with van der Waals surface area (Å²) in [5.74, 6) is -0.180. The van der Waals surface area contributed by atoms with Crippen LogP contribution in [0.25, 0.3) is 0 Å². The van der Waals surface area contributed by atoms with Crippen molar-refractivity contribution in [3.63, 3.8) is 0 Å². The molecule has 1 aliphatic rings. The number of para-hydroxylation sites is 1. The Morgan fingerprint density at radius 3 is 2.56 bits per heavy atom. The van der Waals surface area contributed by atoms with Gasteiger partial charge >= 0.3 is 0 Å². The molecule has 0 bridgehead atoms. The van der Waals surface area contributed by atoms with E-state index in [9.17, 15) is 13.2 Å². The topological polar surface area (TPSA) is 75.7 Å². The number of carbonyl (C=O) groups excluding carboxylic acids is 1. The third kappa shape index (κ3) is 4.31. The average molecular weight is 388 g/mol. The number of sulfonamides is 1. The zero-order chi connectivity index (χ0) is 19.4. The van der Waals surface area contributed by atoms with E-state index in [1.165, 1.54) is 12.1 Å². The van der Waals surface area contributed by atoms with Crippen LogP contribution in [0.15, 0.2) is 47.4 Å². The number of anilines is 1. The molecule has 0 unspecified atom stereocenters.